The Bertz CT molecular complexity index is 424. The topological polar surface area (TPSA) is 26.3 Å². The molecule has 3 rings (SSSR count). The van der Waals surface area contributed by atoms with Crippen LogP contribution in [0.25, 0.3) is 0 Å². The summed E-state index contributed by atoms with van der Waals surface area (Å²) in [6, 6.07) is 8.51. The summed E-state index contributed by atoms with van der Waals surface area (Å²) in [6.07, 6.45) is 4.17. The van der Waals surface area contributed by atoms with Crippen LogP contribution in [0.3, 0.4) is 0 Å². The molecule has 1 fully saturated rings. The van der Waals surface area contributed by atoms with E-state index in [0.717, 1.165) is 19.3 Å². The summed E-state index contributed by atoms with van der Waals surface area (Å²) >= 11 is 0. The van der Waals surface area contributed by atoms with Crippen molar-refractivity contribution in [3.05, 3.63) is 35.4 Å². The van der Waals surface area contributed by atoms with Gasteiger partial charge in [-0.15, -0.1) is 0 Å². The van der Waals surface area contributed by atoms with Crippen LogP contribution in [0.5, 0.6) is 0 Å². The largest absolute Gasteiger partial charge is 0.374 e. The summed E-state index contributed by atoms with van der Waals surface area (Å²) in [5.74, 6) is 0.366. The second-order valence-electron chi connectivity index (χ2n) is 4.94. The van der Waals surface area contributed by atoms with E-state index >= 15 is 0 Å². The van der Waals surface area contributed by atoms with Crippen LogP contribution < -0.4 is 0 Å². The zero-order valence-electron chi connectivity index (χ0n) is 9.37. The number of carbonyl (C=O) groups excluding carboxylic acids is 1. The lowest BCUT2D eigenvalue weighted by Crippen LogP contribution is -2.44. The summed E-state index contributed by atoms with van der Waals surface area (Å²) in [7, 11) is 0. The molecule has 1 aliphatic carbocycles. The van der Waals surface area contributed by atoms with E-state index < -0.39 is 0 Å². The van der Waals surface area contributed by atoms with Gasteiger partial charge in [0.05, 0.1) is 12.2 Å². The molecule has 1 aromatic carbocycles. The molecular formula is C14H16O2. The van der Waals surface area contributed by atoms with Crippen molar-refractivity contribution in [3.63, 3.8) is 0 Å². The van der Waals surface area contributed by atoms with Crippen molar-refractivity contribution in [3.8, 4) is 0 Å². The summed E-state index contributed by atoms with van der Waals surface area (Å²) < 4.78 is 5.91. The van der Waals surface area contributed by atoms with Crippen LogP contribution in [-0.2, 0) is 22.4 Å². The molecule has 0 aromatic heterocycles. The molecule has 16 heavy (non-hydrogen) atoms. The Morgan fingerprint density at radius 3 is 2.69 bits per heavy atom. The predicted molar refractivity (Wildman–Crippen MR) is 61.4 cm³/mol. The standard InChI is InChI=1S/C14H16O2/c15-13-6-8-16-14(10-13)7-5-11-3-1-2-4-12(11)9-14/h1-4H,5-10H2. The minimum Gasteiger partial charge on any atom is -0.374 e. The highest BCUT2D eigenvalue weighted by atomic mass is 16.5. The van der Waals surface area contributed by atoms with Crippen LogP contribution in [0.4, 0.5) is 0 Å². The third-order valence-corrected chi connectivity index (χ3v) is 3.79. The number of benzene rings is 1. The van der Waals surface area contributed by atoms with Crippen molar-refractivity contribution in [2.24, 2.45) is 0 Å². The molecule has 1 unspecified atom stereocenters. The van der Waals surface area contributed by atoms with E-state index in [1.54, 1.807) is 0 Å². The summed E-state index contributed by atoms with van der Waals surface area (Å²) in [5, 5.41) is 0. The van der Waals surface area contributed by atoms with Crippen LogP contribution in [0.2, 0.25) is 0 Å². The van der Waals surface area contributed by atoms with Gasteiger partial charge in [-0.1, -0.05) is 24.3 Å². The Hall–Kier alpha value is -1.15. The molecule has 1 spiro atoms. The molecule has 2 nitrogen and oxygen atoms in total. The minimum absolute atomic E-state index is 0.177. The van der Waals surface area contributed by atoms with Gasteiger partial charge in [-0.3, -0.25) is 4.79 Å². The van der Waals surface area contributed by atoms with Gasteiger partial charge in [-0.05, 0) is 24.0 Å². The van der Waals surface area contributed by atoms with Crippen molar-refractivity contribution in [2.75, 3.05) is 6.61 Å². The molecule has 1 saturated heterocycles. The summed E-state index contributed by atoms with van der Waals surface area (Å²) in [5.41, 5.74) is 2.61. The molecule has 1 heterocycles. The quantitative estimate of drug-likeness (QED) is 0.665. The van der Waals surface area contributed by atoms with E-state index in [2.05, 4.69) is 24.3 Å². The van der Waals surface area contributed by atoms with E-state index in [0.29, 0.717) is 25.2 Å². The van der Waals surface area contributed by atoms with Gasteiger partial charge < -0.3 is 4.74 Å². The van der Waals surface area contributed by atoms with Gasteiger partial charge in [0.15, 0.2) is 0 Å². The van der Waals surface area contributed by atoms with Gasteiger partial charge in [-0.2, -0.15) is 0 Å². The van der Waals surface area contributed by atoms with E-state index in [-0.39, 0.29) is 5.60 Å². The van der Waals surface area contributed by atoms with Crippen LogP contribution >= 0.6 is 0 Å². The fourth-order valence-electron chi connectivity index (χ4n) is 2.93. The number of aryl methyl sites for hydroxylation is 1. The maximum absolute atomic E-state index is 11.6. The van der Waals surface area contributed by atoms with Gasteiger partial charge in [0.25, 0.3) is 0 Å². The first-order valence-corrected chi connectivity index (χ1v) is 6.00. The number of ketones is 1. The maximum atomic E-state index is 11.6. The lowest BCUT2D eigenvalue weighted by atomic mass is 9.76. The normalized spacial score (nSPS) is 29.1. The molecule has 84 valence electrons. The number of Topliss-reactive ketones (excluding diaryl/α,β-unsaturated/α-hetero) is 1. The van der Waals surface area contributed by atoms with Crippen molar-refractivity contribution in [1.82, 2.24) is 0 Å². The Labute approximate surface area is 95.6 Å². The number of rotatable bonds is 0. The Morgan fingerprint density at radius 1 is 1.06 bits per heavy atom. The Morgan fingerprint density at radius 2 is 1.88 bits per heavy atom. The van der Waals surface area contributed by atoms with Gasteiger partial charge in [0.2, 0.25) is 0 Å². The van der Waals surface area contributed by atoms with Crippen molar-refractivity contribution < 1.29 is 9.53 Å². The van der Waals surface area contributed by atoms with E-state index in [9.17, 15) is 4.79 Å². The second-order valence-corrected chi connectivity index (χ2v) is 4.94. The molecule has 2 aliphatic rings. The van der Waals surface area contributed by atoms with Gasteiger partial charge in [0, 0.05) is 19.3 Å². The third kappa shape index (κ3) is 1.67. The van der Waals surface area contributed by atoms with Crippen LogP contribution in [0.15, 0.2) is 24.3 Å². The second kappa shape index (κ2) is 3.70. The number of hydrogen-bond donors (Lipinski definition) is 0. The van der Waals surface area contributed by atoms with Gasteiger partial charge in [-0.25, -0.2) is 0 Å². The zero-order chi connectivity index (χ0) is 11.0. The molecule has 1 atom stereocenters. The highest BCUT2D eigenvalue weighted by molar-refractivity contribution is 5.80. The molecule has 0 N–H and O–H groups in total. The van der Waals surface area contributed by atoms with Crippen LogP contribution in [0.1, 0.15) is 30.4 Å². The van der Waals surface area contributed by atoms with E-state index in [1.807, 2.05) is 0 Å². The fraction of sp³-hybridized carbons (Fsp3) is 0.500. The first-order valence-electron chi connectivity index (χ1n) is 6.00. The molecule has 0 bridgehead atoms. The predicted octanol–water partition coefficient (Wildman–Crippen LogP) is 2.29. The zero-order valence-corrected chi connectivity index (χ0v) is 9.37. The average Bonchev–Trinajstić information content (AvgIpc) is 2.28. The van der Waals surface area contributed by atoms with Crippen molar-refractivity contribution in [1.29, 1.82) is 0 Å². The van der Waals surface area contributed by atoms with Crippen LogP contribution in [0, 0.1) is 0 Å². The smallest absolute Gasteiger partial charge is 0.138 e. The fourth-order valence-corrected chi connectivity index (χ4v) is 2.93. The highest BCUT2D eigenvalue weighted by Gasteiger charge is 2.39. The molecule has 0 saturated carbocycles. The maximum Gasteiger partial charge on any atom is 0.138 e. The number of carbonyl (C=O) groups is 1. The monoisotopic (exact) mass is 216 g/mol. The van der Waals surface area contributed by atoms with Crippen molar-refractivity contribution >= 4 is 5.78 Å². The minimum atomic E-state index is -0.177. The first kappa shape index (κ1) is 10.0. The molecule has 1 aliphatic heterocycles. The molecule has 0 amide bonds. The molecule has 0 radical (unpaired) electrons. The van der Waals surface area contributed by atoms with Crippen LogP contribution in [-0.4, -0.2) is 18.0 Å². The Kier molecular flexibility index (Phi) is 2.32. The SMILES string of the molecule is O=C1CCOC2(CCc3ccccc3C2)C1. The lowest BCUT2D eigenvalue weighted by Gasteiger charge is -2.40. The average molecular weight is 216 g/mol. The number of ether oxygens (including phenoxy) is 1. The first-order chi connectivity index (χ1) is 7.77. The lowest BCUT2D eigenvalue weighted by molar-refractivity contribution is -0.141. The third-order valence-electron chi connectivity index (χ3n) is 3.79. The van der Waals surface area contributed by atoms with Gasteiger partial charge in [0.1, 0.15) is 5.78 Å². The number of hydrogen-bond acceptors (Lipinski definition) is 2. The number of fused-ring (bicyclic) bond motifs is 1. The molecule has 1 aromatic rings. The summed E-state index contributed by atoms with van der Waals surface area (Å²) in [6.45, 7) is 0.612. The van der Waals surface area contributed by atoms with E-state index in [1.165, 1.54) is 11.1 Å². The molecular weight excluding hydrogens is 200 g/mol. The molecule has 2 heteroatoms. The Balaban J connectivity index is 1.89. The van der Waals surface area contributed by atoms with Gasteiger partial charge >= 0.3 is 0 Å². The van der Waals surface area contributed by atoms with E-state index in [4.69, 9.17) is 4.74 Å². The highest BCUT2D eigenvalue weighted by Crippen LogP contribution is 2.36. The summed E-state index contributed by atoms with van der Waals surface area (Å²) in [4.78, 5) is 11.6. The van der Waals surface area contributed by atoms with Crippen molar-refractivity contribution in [2.45, 2.75) is 37.7 Å².